The Morgan fingerprint density at radius 3 is 2.43 bits per heavy atom. The normalized spacial score (nSPS) is 16.3. The number of carbonyl (C=O) groups excluding carboxylic acids is 2. The molecule has 2 fully saturated rings. The maximum Gasteiger partial charge on any atom is 0.242 e. The maximum absolute atomic E-state index is 13.7. The summed E-state index contributed by atoms with van der Waals surface area (Å²) in [5, 5.41) is 0. The monoisotopic (exact) mass is 481 g/mol. The van der Waals surface area contributed by atoms with E-state index in [0.717, 1.165) is 69.0 Å². The van der Waals surface area contributed by atoms with Gasteiger partial charge >= 0.3 is 0 Å². The standard InChI is InChI=1S/C29H40FN3O2/c1-2-3-7-18-32(29(35)24-14-15-24)22-28(34)33(26-9-5-4-6-10-26)21-27-11-8-19-31(27)20-23-12-16-25(30)17-13-23/h8,11-13,16-17,19,24,26H,2-7,9-10,14-15,18,20-22H2,1H3. The van der Waals surface area contributed by atoms with Gasteiger partial charge in [0.25, 0.3) is 0 Å². The van der Waals surface area contributed by atoms with E-state index in [1.807, 2.05) is 22.1 Å². The van der Waals surface area contributed by atoms with Gasteiger partial charge < -0.3 is 14.4 Å². The zero-order valence-corrected chi connectivity index (χ0v) is 21.1. The second-order valence-corrected chi connectivity index (χ2v) is 10.3. The number of halogens is 1. The lowest BCUT2D eigenvalue weighted by molar-refractivity contribution is -0.143. The third-order valence-corrected chi connectivity index (χ3v) is 7.45. The molecule has 0 bridgehead atoms. The molecule has 0 saturated heterocycles. The fourth-order valence-electron chi connectivity index (χ4n) is 5.18. The van der Waals surface area contributed by atoms with Gasteiger partial charge in [-0.2, -0.15) is 0 Å². The van der Waals surface area contributed by atoms with Crippen LogP contribution in [0.1, 0.15) is 82.4 Å². The number of amides is 2. The highest BCUT2D eigenvalue weighted by Gasteiger charge is 2.35. The van der Waals surface area contributed by atoms with Gasteiger partial charge in [-0.1, -0.05) is 51.2 Å². The largest absolute Gasteiger partial charge is 0.345 e. The Balaban J connectivity index is 1.49. The lowest BCUT2D eigenvalue weighted by Gasteiger charge is -2.36. The highest BCUT2D eigenvalue weighted by atomic mass is 19.1. The van der Waals surface area contributed by atoms with Crippen molar-refractivity contribution in [2.75, 3.05) is 13.1 Å². The first-order valence-corrected chi connectivity index (χ1v) is 13.5. The van der Waals surface area contributed by atoms with Gasteiger partial charge in [0, 0.05) is 36.9 Å². The van der Waals surface area contributed by atoms with E-state index in [2.05, 4.69) is 17.6 Å². The molecule has 35 heavy (non-hydrogen) atoms. The smallest absolute Gasteiger partial charge is 0.242 e. The minimum absolute atomic E-state index is 0.0666. The van der Waals surface area contributed by atoms with E-state index in [-0.39, 0.29) is 36.1 Å². The Labute approximate surface area is 209 Å². The molecule has 5 nitrogen and oxygen atoms in total. The maximum atomic E-state index is 13.7. The Kier molecular flexibility index (Phi) is 9.00. The van der Waals surface area contributed by atoms with Crippen molar-refractivity contribution in [1.82, 2.24) is 14.4 Å². The van der Waals surface area contributed by atoms with Crippen molar-refractivity contribution in [2.45, 2.75) is 90.3 Å². The van der Waals surface area contributed by atoms with Crippen molar-refractivity contribution in [3.63, 3.8) is 0 Å². The molecule has 4 rings (SSSR count). The van der Waals surface area contributed by atoms with Crippen LogP contribution in [-0.4, -0.2) is 45.3 Å². The van der Waals surface area contributed by atoms with Crippen LogP contribution in [0.2, 0.25) is 0 Å². The van der Waals surface area contributed by atoms with Crippen LogP contribution in [0.25, 0.3) is 0 Å². The average Bonchev–Trinajstić information content (AvgIpc) is 3.64. The summed E-state index contributed by atoms with van der Waals surface area (Å²) in [6.45, 7) is 4.20. The Morgan fingerprint density at radius 2 is 1.74 bits per heavy atom. The first kappa shape index (κ1) is 25.5. The van der Waals surface area contributed by atoms with Crippen LogP contribution in [0.3, 0.4) is 0 Å². The number of benzene rings is 1. The number of unbranched alkanes of at least 4 members (excludes halogenated alkanes) is 2. The van der Waals surface area contributed by atoms with E-state index in [9.17, 15) is 14.0 Å². The first-order valence-electron chi connectivity index (χ1n) is 13.5. The summed E-state index contributed by atoms with van der Waals surface area (Å²) in [7, 11) is 0. The van der Waals surface area contributed by atoms with Crippen LogP contribution in [-0.2, 0) is 22.7 Å². The van der Waals surface area contributed by atoms with E-state index in [4.69, 9.17) is 0 Å². The molecule has 2 amide bonds. The number of aromatic nitrogens is 1. The molecule has 0 aliphatic heterocycles. The second kappa shape index (κ2) is 12.4. The van der Waals surface area contributed by atoms with Gasteiger partial charge in [0.2, 0.25) is 11.8 Å². The van der Waals surface area contributed by atoms with Gasteiger partial charge in [-0.05, 0) is 61.9 Å². The van der Waals surface area contributed by atoms with Gasteiger partial charge in [-0.15, -0.1) is 0 Å². The van der Waals surface area contributed by atoms with Crippen LogP contribution >= 0.6 is 0 Å². The third kappa shape index (κ3) is 7.18. The van der Waals surface area contributed by atoms with Gasteiger partial charge in [-0.3, -0.25) is 9.59 Å². The zero-order chi connectivity index (χ0) is 24.6. The van der Waals surface area contributed by atoms with Crippen molar-refractivity contribution >= 4 is 11.8 Å². The molecule has 0 N–H and O–H groups in total. The molecule has 0 radical (unpaired) electrons. The third-order valence-electron chi connectivity index (χ3n) is 7.45. The van der Waals surface area contributed by atoms with Crippen LogP contribution in [0, 0.1) is 11.7 Å². The number of rotatable bonds is 12. The van der Waals surface area contributed by atoms with Gasteiger partial charge in [0.15, 0.2) is 0 Å². The molecule has 190 valence electrons. The predicted molar refractivity (Wildman–Crippen MR) is 136 cm³/mol. The minimum Gasteiger partial charge on any atom is -0.345 e. The topological polar surface area (TPSA) is 45.6 Å². The van der Waals surface area contributed by atoms with Crippen LogP contribution in [0.4, 0.5) is 4.39 Å². The summed E-state index contributed by atoms with van der Waals surface area (Å²) >= 11 is 0. The molecule has 2 aromatic rings. The highest BCUT2D eigenvalue weighted by Crippen LogP contribution is 2.31. The Morgan fingerprint density at radius 1 is 1.00 bits per heavy atom. The highest BCUT2D eigenvalue weighted by molar-refractivity contribution is 5.87. The number of hydrogen-bond acceptors (Lipinski definition) is 2. The number of hydrogen-bond donors (Lipinski definition) is 0. The van der Waals surface area contributed by atoms with Crippen molar-refractivity contribution in [3.8, 4) is 0 Å². The quantitative estimate of drug-likeness (QED) is 0.362. The molecule has 0 spiro atoms. The molecule has 1 aromatic carbocycles. The van der Waals surface area contributed by atoms with Crippen LogP contribution in [0.5, 0.6) is 0 Å². The van der Waals surface area contributed by atoms with Gasteiger partial charge in [0.05, 0.1) is 13.1 Å². The van der Waals surface area contributed by atoms with Crippen molar-refractivity contribution in [1.29, 1.82) is 0 Å². The van der Waals surface area contributed by atoms with Crippen molar-refractivity contribution in [3.05, 3.63) is 59.7 Å². The lowest BCUT2D eigenvalue weighted by atomic mass is 9.94. The average molecular weight is 482 g/mol. The Bertz CT molecular complexity index is 961. The number of nitrogens with zero attached hydrogens (tertiary/aromatic N) is 3. The lowest BCUT2D eigenvalue weighted by Crippen LogP contribution is -2.48. The van der Waals surface area contributed by atoms with Crippen LogP contribution in [0.15, 0.2) is 42.6 Å². The van der Waals surface area contributed by atoms with E-state index in [1.54, 1.807) is 12.1 Å². The summed E-state index contributed by atoms with van der Waals surface area (Å²) in [5.41, 5.74) is 2.09. The van der Waals surface area contributed by atoms with E-state index in [1.165, 1.54) is 18.6 Å². The molecule has 1 aromatic heterocycles. The SMILES string of the molecule is CCCCCN(CC(=O)N(Cc1cccn1Cc1ccc(F)cc1)C1CCCCC1)C(=O)C1CC1. The van der Waals surface area contributed by atoms with Gasteiger partial charge in [0.1, 0.15) is 5.82 Å². The number of carbonyl (C=O) groups is 2. The van der Waals surface area contributed by atoms with Crippen LogP contribution < -0.4 is 0 Å². The van der Waals surface area contributed by atoms with E-state index in [0.29, 0.717) is 19.6 Å². The predicted octanol–water partition coefficient (Wildman–Crippen LogP) is 5.77. The fraction of sp³-hybridized carbons (Fsp3) is 0.586. The molecule has 2 aliphatic rings. The van der Waals surface area contributed by atoms with E-state index < -0.39 is 0 Å². The zero-order valence-electron chi connectivity index (χ0n) is 21.1. The second-order valence-electron chi connectivity index (χ2n) is 10.3. The first-order chi connectivity index (χ1) is 17.0. The fourth-order valence-corrected chi connectivity index (χ4v) is 5.18. The Hall–Kier alpha value is -2.63. The summed E-state index contributed by atoms with van der Waals surface area (Å²) in [5.74, 6) is 0.120. The molecular weight excluding hydrogens is 441 g/mol. The summed E-state index contributed by atoms with van der Waals surface area (Å²) in [6.07, 6.45) is 12.6. The summed E-state index contributed by atoms with van der Waals surface area (Å²) in [6, 6.07) is 10.9. The van der Waals surface area contributed by atoms with Crippen molar-refractivity contribution in [2.24, 2.45) is 5.92 Å². The van der Waals surface area contributed by atoms with E-state index >= 15 is 0 Å². The summed E-state index contributed by atoms with van der Waals surface area (Å²) < 4.78 is 15.5. The molecule has 2 aliphatic carbocycles. The molecule has 0 unspecified atom stereocenters. The summed E-state index contributed by atoms with van der Waals surface area (Å²) in [4.78, 5) is 30.6. The minimum atomic E-state index is -0.236. The molecule has 2 saturated carbocycles. The molecule has 6 heteroatoms. The van der Waals surface area contributed by atoms with Gasteiger partial charge in [-0.25, -0.2) is 4.39 Å². The molecular formula is C29H40FN3O2. The molecule has 0 atom stereocenters. The van der Waals surface area contributed by atoms with Crippen molar-refractivity contribution < 1.29 is 14.0 Å². The molecule has 1 heterocycles.